The molecule has 7 nitrogen and oxygen atoms in total. The first-order valence-electron chi connectivity index (χ1n) is 6.43. The fraction of sp³-hybridized carbons (Fsp3) is 0.667. The maximum atomic E-state index is 12.2. The number of nitrogens with zero attached hydrogens (tertiary/aromatic N) is 4. The highest BCUT2D eigenvalue weighted by molar-refractivity contribution is 5.76. The second-order valence-corrected chi connectivity index (χ2v) is 4.85. The van der Waals surface area contributed by atoms with Crippen LogP contribution in [0.4, 0.5) is 5.69 Å². The molecule has 0 radical (unpaired) electrons. The molecule has 1 aromatic heterocycles. The molecule has 0 unspecified atom stereocenters. The van der Waals surface area contributed by atoms with Gasteiger partial charge in [0.2, 0.25) is 5.91 Å². The highest BCUT2D eigenvalue weighted by atomic mass is 16.6. The van der Waals surface area contributed by atoms with Crippen LogP contribution in [0.2, 0.25) is 0 Å². The monoisotopic (exact) mass is 266 g/mol. The molecule has 0 atom stereocenters. The number of hydrogen-bond donors (Lipinski definition) is 0. The van der Waals surface area contributed by atoms with E-state index in [0.717, 1.165) is 12.8 Å². The predicted molar refractivity (Wildman–Crippen MR) is 68.8 cm³/mol. The number of aromatic nitrogens is 2. The number of carbonyl (C=O) groups is 1. The number of rotatable bonds is 5. The molecule has 0 aliphatic heterocycles. The Balaban J connectivity index is 2.17. The van der Waals surface area contributed by atoms with Crippen molar-refractivity contribution >= 4 is 11.6 Å². The lowest BCUT2D eigenvalue weighted by Crippen LogP contribution is -2.35. The topological polar surface area (TPSA) is 81.3 Å². The van der Waals surface area contributed by atoms with E-state index in [9.17, 15) is 14.9 Å². The first-order valence-corrected chi connectivity index (χ1v) is 6.43. The van der Waals surface area contributed by atoms with E-state index in [4.69, 9.17) is 0 Å². The van der Waals surface area contributed by atoms with Crippen molar-refractivity contribution in [2.45, 2.75) is 46.2 Å². The summed E-state index contributed by atoms with van der Waals surface area (Å²) in [4.78, 5) is 24.4. The first-order chi connectivity index (χ1) is 8.95. The van der Waals surface area contributed by atoms with E-state index in [2.05, 4.69) is 5.10 Å². The van der Waals surface area contributed by atoms with Gasteiger partial charge in [0.15, 0.2) is 0 Å². The summed E-state index contributed by atoms with van der Waals surface area (Å²) in [5, 5.41) is 15.0. The third kappa shape index (κ3) is 2.59. The number of hydrogen-bond acceptors (Lipinski definition) is 4. The summed E-state index contributed by atoms with van der Waals surface area (Å²) in [6.45, 7) is 5.90. The maximum Gasteiger partial charge on any atom is 0.312 e. The molecular formula is C12H18N4O3. The van der Waals surface area contributed by atoms with E-state index in [1.165, 1.54) is 4.68 Å². The molecule has 0 aromatic carbocycles. The van der Waals surface area contributed by atoms with Gasteiger partial charge >= 0.3 is 5.69 Å². The van der Waals surface area contributed by atoms with Gasteiger partial charge in [0.1, 0.15) is 17.9 Å². The van der Waals surface area contributed by atoms with Gasteiger partial charge in [-0.25, -0.2) is 0 Å². The Bertz CT molecular complexity index is 519. The van der Waals surface area contributed by atoms with Crippen molar-refractivity contribution in [1.82, 2.24) is 14.7 Å². The van der Waals surface area contributed by atoms with Crippen LogP contribution < -0.4 is 0 Å². The Morgan fingerprint density at radius 1 is 1.53 bits per heavy atom. The van der Waals surface area contributed by atoms with E-state index >= 15 is 0 Å². The van der Waals surface area contributed by atoms with E-state index in [1.54, 1.807) is 13.8 Å². The number of amides is 1. The van der Waals surface area contributed by atoms with Crippen molar-refractivity contribution in [2.24, 2.45) is 0 Å². The molecule has 0 N–H and O–H groups in total. The first kappa shape index (κ1) is 13.5. The molecule has 1 aliphatic rings. The van der Waals surface area contributed by atoms with Gasteiger partial charge < -0.3 is 4.90 Å². The lowest BCUT2D eigenvalue weighted by Gasteiger charge is -2.20. The van der Waals surface area contributed by atoms with Gasteiger partial charge in [-0.2, -0.15) is 5.10 Å². The summed E-state index contributed by atoms with van der Waals surface area (Å²) >= 11 is 0. The summed E-state index contributed by atoms with van der Waals surface area (Å²) in [5.74, 6) is -0.0227. The van der Waals surface area contributed by atoms with Gasteiger partial charge in [-0.1, -0.05) is 0 Å². The van der Waals surface area contributed by atoms with Gasteiger partial charge in [-0.05, 0) is 33.6 Å². The van der Waals surface area contributed by atoms with Crippen LogP contribution in [-0.4, -0.2) is 38.1 Å². The van der Waals surface area contributed by atoms with Gasteiger partial charge in [0, 0.05) is 12.6 Å². The molecule has 0 spiro atoms. The number of aryl methyl sites for hydroxylation is 1. The zero-order chi connectivity index (χ0) is 14.2. The van der Waals surface area contributed by atoms with E-state index in [-0.39, 0.29) is 18.1 Å². The van der Waals surface area contributed by atoms with Crippen LogP contribution >= 0.6 is 0 Å². The zero-order valence-corrected chi connectivity index (χ0v) is 11.4. The molecule has 0 bridgehead atoms. The van der Waals surface area contributed by atoms with Crippen molar-refractivity contribution in [3.63, 3.8) is 0 Å². The molecule has 1 aromatic rings. The lowest BCUT2D eigenvalue weighted by atomic mass is 10.3. The average molecular weight is 266 g/mol. The van der Waals surface area contributed by atoms with Gasteiger partial charge in [-0.15, -0.1) is 0 Å². The van der Waals surface area contributed by atoms with E-state index in [1.807, 2.05) is 11.8 Å². The zero-order valence-electron chi connectivity index (χ0n) is 11.4. The number of carbonyl (C=O) groups excluding carboxylic acids is 1. The average Bonchev–Trinajstić information content (AvgIpc) is 3.08. The van der Waals surface area contributed by atoms with Crippen LogP contribution in [0.3, 0.4) is 0 Å². The second kappa shape index (κ2) is 4.99. The van der Waals surface area contributed by atoms with Crippen molar-refractivity contribution < 1.29 is 9.72 Å². The van der Waals surface area contributed by atoms with Crippen molar-refractivity contribution in [3.8, 4) is 0 Å². The van der Waals surface area contributed by atoms with Gasteiger partial charge in [0.25, 0.3) is 0 Å². The molecule has 104 valence electrons. The highest BCUT2D eigenvalue weighted by Crippen LogP contribution is 2.27. The Hall–Kier alpha value is -1.92. The van der Waals surface area contributed by atoms with E-state index in [0.29, 0.717) is 24.0 Å². The minimum Gasteiger partial charge on any atom is -0.338 e. The second-order valence-electron chi connectivity index (χ2n) is 4.85. The lowest BCUT2D eigenvalue weighted by molar-refractivity contribution is -0.386. The Labute approximate surface area is 111 Å². The van der Waals surface area contributed by atoms with Crippen LogP contribution in [0.1, 0.15) is 31.2 Å². The molecule has 19 heavy (non-hydrogen) atoms. The minimum absolute atomic E-state index is 0.00210. The quantitative estimate of drug-likeness (QED) is 0.596. The van der Waals surface area contributed by atoms with Crippen molar-refractivity contribution in [3.05, 3.63) is 21.5 Å². The summed E-state index contributed by atoms with van der Waals surface area (Å²) in [6, 6.07) is 0.351. The molecule has 1 aliphatic carbocycles. The number of likely N-dealkylation sites (N-methyl/N-ethyl adjacent to an activating group) is 1. The van der Waals surface area contributed by atoms with Crippen LogP contribution in [0.5, 0.6) is 0 Å². The fourth-order valence-corrected chi connectivity index (χ4v) is 2.35. The van der Waals surface area contributed by atoms with Crippen LogP contribution in [0.15, 0.2) is 0 Å². The van der Waals surface area contributed by atoms with E-state index < -0.39 is 4.92 Å². The summed E-state index contributed by atoms with van der Waals surface area (Å²) in [5.41, 5.74) is 0.787. The SMILES string of the molecule is CCN(C(=O)Cn1nc(C)c([N+](=O)[O-])c1C)C1CC1. The van der Waals surface area contributed by atoms with Crippen molar-refractivity contribution in [1.29, 1.82) is 0 Å². The number of nitro groups is 1. The molecule has 1 heterocycles. The maximum absolute atomic E-state index is 12.2. The molecular weight excluding hydrogens is 248 g/mol. The smallest absolute Gasteiger partial charge is 0.312 e. The molecule has 2 rings (SSSR count). The minimum atomic E-state index is -0.447. The summed E-state index contributed by atoms with van der Waals surface area (Å²) in [6.07, 6.45) is 2.10. The Kier molecular flexibility index (Phi) is 3.55. The Morgan fingerprint density at radius 2 is 2.16 bits per heavy atom. The largest absolute Gasteiger partial charge is 0.338 e. The molecule has 7 heteroatoms. The third-order valence-electron chi connectivity index (χ3n) is 3.46. The predicted octanol–water partition coefficient (Wildman–Crippen LogP) is 1.42. The van der Waals surface area contributed by atoms with Crippen LogP contribution in [0, 0.1) is 24.0 Å². The highest BCUT2D eigenvalue weighted by Gasteiger charge is 2.32. The summed E-state index contributed by atoms with van der Waals surface area (Å²) < 4.78 is 1.43. The normalized spacial score (nSPS) is 14.5. The Morgan fingerprint density at radius 3 is 2.58 bits per heavy atom. The van der Waals surface area contributed by atoms with Gasteiger partial charge in [-0.3, -0.25) is 19.6 Å². The van der Waals surface area contributed by atoms with Crippen LogP contribution in [0.25, 0.3) is 0 Å². The molecule has 0 saturated heterocycles. The molecule has 1 fully saturated rings. The van der Waals surface area contributed by atoms with Crippen molar-refractivity contribution in [2.75, 3.05) is 6.54 Å². The van der Waals surface area contributed by atoms with Crippen LogP contribution in [-0.2, 0) is 11.3 Å². The molecule has 1 amide bonds. The molecule has 1 saturated carbocycles. The summed E-state index contributed by atoms with van der Waals surface area (Å²) in [7, 11) is 0. The standard InChI is InChI=1S/C12H18N4O3/c1-4-14(10-5-6-10)11(17)7-15-9(3)12(16(18)19)8(2)13-15/h10H,4-7H2,1-3H3. The van der Waals surface area contributed by atoms with Gasteiger partial charge in [0.05, 0.1) is 4.92 Å². The fourth-order valence-electron chi connectivity index (χ4n) is 2.35. The third-order valence-corrected chi connectivity index (χ3v) is 3.46.